The van der Waals surface area contributed by atoms with Crippen LogP contribution in [-0.2, 0) is 9.59 Å². The van der Waals surface area contributed by atoms with E-state index in [2.05, 4.69) is 5.32 Å². The number of hydrogen-bond acceptors (Lipinski definition) is 5. The van der Waals surface area contributed by atoms with Crippen molar-refractivity contribution in [1.29, 1.82) is 0 Å². The SMILES string of the molecule is Cc1ccc(NC(=O)CN2CCN(C(=O)CC3CCCCC3)CC2)cc1[N+](=O)[O-]. The Morgan fingerprint density at radius 3 is 2.48 bits per heavy atom. The minimum atomic E-state index is -0.450. The zero-order valence-electron chi connectivity index (χ0n) is 17.1. The van der Waals surface area contributed by atoms with E-state index in [1.54, 1.807) is 19.1 Å². The van der Waals surface area contributed by atoms with Gasteiger partial charge in [-0.15, -0.1) is 0 Å². The highest BCUT2D eigenvalue weighted by Crippen LogP contribution is 2.27. The first-order valence-corrected chi connectivity index (χ1v) is 10.5. The average molecular weight is 402 g/mol. The number of aryl methyl sites for hydroxylation is 1. The predicted octanol–water partition coefficient (Wildman–Crippen LogP) is 2.96. The fourth-order valence-electron chi connectivity index (χ4n) is 4.21. The van der Waals surface area contributed by atoms with Crippen molar-refractivity contribution in [3.63, 3.8) is 0 Å². The molecule has 0 atom stereocenters. The zero-order valence-corrected chi connectivity index (χ0v) is 17.1. The lowest BCUT2D eigenvalue weighted by Gasteiger charge is -2.35. The lowest BCUT2D eigenvalue weighted by molar-refractivity contribution is -0.385. The molecule has 1 N–H and O–H groups in total. The van der Waals surface area contributed by atoms with Crippen LogP contribution in [0.2, 0.25) is 0 Å². The Hall–Kier alpha value is -2.48. The second-order valence-electron chi connectivity index (χ2n) is 8.17. The molecule has 2 amide bonds. The number of anilines is 1. The van der Waals surface area contributed by atoms with Crippen molar-refractivity contribution in [1.82, 2.24) is 9.80 Å². The van der Waals surface area contributed by atoms with Gasteiger partial charge < -0.3 is 10.2 Å². The molecule has 2 aliphatic rings. The van der Waals surface area contributed by atoms with Crippen molar-refractivity contribution in [3.05, 3.63) is 33.9 Å². The van der Waals surface area contributed by atoms with Crippen LogP contribution >= 0.6 is 0 Å². The van der Waals surface area contributed by atoms with E-state index in [9.17, 15) is 19.7 Å². The number of nitro groups is 1. The third-order valence-electron chi connectivity index (χ3n) is 5.97. The Morgan fingerprint density at radius 1 is 1.14 bits per heavy atom. The summed E-state index contributed by atoms with van der Waals surface area (Å²) in [6.45, 7) is 4.50. The molecule has 3 rings (SSSR count). The number of nitrogens with one attached hydrogen (secondary N) is 1. The maximum atomic E-state index is 12.5. The van der Waals surface area contributed by atoms with Crippen LogP contribution in [0.3, 0.4) is 0 Å². The van der Waals surface area contributed by atoms with Gasteiger partial charge in [0.05, 0.1) is 11.5 Å². The van der Waals surface area contributed by atoms with Crippen LogP contribution in [0, 0.1) is 23.0 Å². The number of benzene rings is 1. The van der Waals surface area contributed by atoms with E-state index in [0.717, 1.165) is 0 Å². The van der Waals surface area contributed by atoms with Crippen LogP contribution in [0.1, 0.15) is 44.1 Å². The third-order valence-corrected chi connectivity index (χ3v) is 5.97. The summed E-state index contributed by atoms with van der Waals surface area (Å²) in [4.78, 5) is 39.4. The summed E-state index contributed by atoms with van der Waals surface area (Å²) < 4.78 is 0. The van der Waals surface area contributed by atoms with Gasteiger partial charge >= 0.3 is 0 Å². The first kappa shape index (κ1) is 21.2. The quantitative estimate of drug-likeness (QED) is 0.583. The van der Waals surface area contributed by atoms with Crippen molar-refractivity contribution >= 4 is 23.2 Å². The van der Waals surface area contributed by atoms with E-state index in [-0.39, 0.29) is 24.0 Å². The van der Waals surface area contributed by atoms with Crippen molar-refractivity contribution in [3.8, 4) is 0 Å². The van der Waals surface area contributed by atoms with Gasteiger partial charge in [-0.3, -0.25) is 24.6 Å². The smallest absolute Gasteiger partial charge is 0.274 e. The summed E-state index contributed by atoms with van der Waals surface area (Å²) in [7, 11) is 0. The maximum absolute atomic E-state index is 12.5. The highest BCUT2D eigenvalue weighted by atomic mass is 16.6. The normalized spacial score (nSPS) is 18.4. The predicted molar refractivity (Wildman–Crippen MR) is 111 cm³/mol. The van der Waals surface area contributed by atoms with Gasteiger partial charge in [0.2, 0.25) is 11.8 Å². The molecule has 0 aromatic heterocycles. The number of carbonyl (C=O) groups is 2. The van der Waals surface area contributed by atoms with Crippen LogP contribution in [-0.4, -0.2) is 59.3 Å². The van der Waals surface area contributed by atoms with Gasteiger partial charge in [0.15, 0.2) is 0 Å². The molecule has 8 nitrogen and oxygen atoms in total. The summed E-state index contributed by atoms with van der Waals surface area (Å²) >= 11 is 0. The van der Waals surface area contributed by atoms with Crippen LogP contribution in [0.25, 0.3) is 0 Å². The second kappa shape index (κ2) is 9.82. The standard InChI is InChI=1S/C21H30N4O4/c1-16-7-8-18(14-19(16)25(28)29)22-20(26)15-23-9-11-24(12-10-23)21(27)13-17-5-3-2-4-6-17/h7-8,14,17H,2-6,9-13,15H2,1H3,(H,22,26). The van der Waals surface area contributed by atoms with E-state index in [0.29, 0.717) is 49.8 Å². The molecule has 1 saturated heterocycles. The first-order chi connectivity index (χ1) is 13.9. The van der Waals surface area contributed by atoms with Crippen LogP contribution in [0.15, 0.2) is 18.2 Å². The molecular formula is C21H30N4O4. The number of amides is 2. The van der Waals surface area contributed by atoms with Gasteiger partial charge in [-0.25, -0.2) is 0 Å². The molecule has 8 heteroatoms. The fourth-order valence-corrected chi connectivity index (χ4v) is 4.21. The van der Waals surface area contributed by atoms with E-state index in [1.807, 2.05) is 9.80 Å². The van der Waals surface area contributed by atoms with Crippen molar-refractivity contribution < 1.29 is 14.5 Å². The Balaban J connectivity index is 1.43. The minimum absolute atomic E-state index is 0.00658. The summed E-state index contributed by atoms with van der Waals surface area (Å²) in [5, 5.41) is 13.8. The molecule has 1 aliphatic carbocycles. The number of piperazine rings is 1. The Kier molecular flexibility index (Phi) is 7.19. The molecule has 2 fully saturated rings. The molecule has 29 heavy (non-hydrogen) atoms. The number of nitro benzene ring substituents is 1. The second-order valence-corrected chi connectivity index (χ2v) is 8.17. The highest BCUT2D eigenvalue weighted by molar-refractivity contribution is 5.92. The lowest BCUT2D eigenvalue weighted by Crippen LogP contribution is -2.50. The molecule has 1 aliphatic heterocycles. The average Bonchev–Trinajstić information content (AvgIpc) is 2.70. The molecule has 0 spiro atoms. The van der Waals surface area contributed by atoms with Gasteiger partial charge in [-0.05, 0) is 31.7 Å². The molecule has 0 radical (unpaired) electrons. The molecule has 0 unspecified atom stereocenters. The van der Waals surface area contributed by atoms with E-state index < -0.39 is 4.92 Å². The Bertz CT molecular complexity index is 753. The molecular weight excluding hydrogens is 372 g/mol. The number of rotatable bonds is 6. The van der Waals surface area contributed by atoms with Crippen molar-refractivity contribution in [2.24, 2.45) is 5.92 Å². The summed E-state index contributed by atoms with van der Waals surface area (Å²) in [6, 6.07) is 4.68. The monoisotopic (exact) mass is 402 g/mol. The van der Waals surface area contributed by atoms with Gasteiger partial charge in [0.25, 0.3) is 5.69 Å². The Labute approximate surface area is 171 Å². The van der Waals surface area contributed by atoms with Gasteiger partial charge in [0.1, 0.15) is 0 Å². The summed E-state index contributed by atoms with van der Waals surface area (Å²) in [6.07, 6.45) is 6.77. The number of carbonyl (C=O) groups excluding carboxylic acids is 2. The largest absolute Gasteiger partial charge is 0.340 e. The van der Waals surface area contributed by atoms with Crippen LogP contribution < -0.4 is 5.32 Å². The zero-order chi connectivity index (χ0) is 20.8. The summed E-state index contributed by atoms with van der Waals surface area (Å²) in [5.41, 5.74) is 0.975. The molecule has 158 valence electrons. The summed E-state index contributed by atoms with van der Waals surface area (Å²) in [5.74, 6) is 0.580. The molecule has 1 saturated carbocycles. The first-order valence-electron chi connectivity index (χ1n) is 10.5. The molecule has 0 bridgehead atoms. The van der Waals surface area contributed by atoms with E-state index in [4.69, 9.17) is 0 Å². The van der Waals surface area contributed by atoms with Gasteiger partial charge in [-0.2, -0.15) is 0 Å². The van der Waals surface area contributed by atoms with Crippen molar-refractivity contribution in [2.75, 3.05) is 38.0 Å². The third kappa shape index (κ3) is 6.00. The molecule has 1 aromatic carbocycles. The minimum Gasteiger partial charge on any atom is -0.340 e. The van der Waals surface area contributed by atoms with Crippen molar-refractivity contribution in [2.45, 2.75) is 45.4 Å². The maximum Gasteiger partial charge on any atom is 0.274 e. The number of hydrogen-bond donors (Lipinski definition) is 1. The lowest BCUT2D eigenvalue weighted by atomic mass is 9.86. The fraction of sp³-hybridized carbons (Fsp3) is 0.619. The van der Waals surface area contributed by atoms with E-state index in [1.165, 1.54) is 38.2 Å². The van der Waals surface area contributed by atoms with E-state index >= 15 is 0 Å². The Morgan fingerprint density at radius 2 is 1.83 bits per heavy atom. The van der Waals surface area contributed by atoms with Crippen LogP contribution in [0.4, 0.5) is 11.4 Å². The highest BCUT2D eigenvalue weighted by Gasteiger charge is 2.25. The van der Waals surface area contributed by atoms with Gasteiger partial charge in [-0.1, -0.05) is 25.3 Å². The number of nitrogens with zero attached hydrogens (tertiary/aromatic N) is 3. The van der Waals surface area contributed by atoms with Gasteiger partial charge in [0, 0.05) is 49.9 Å². The molecule has 1 aromatic rings. The topological polar surface area (TPSA) is 95.8 Å². The molecule has 1 heterocycles. The van der Waals surface area contributed by atoms with Crippen LogP contribution in [0.5, 0.6) is 0 Å².